The zero-order valence-electron chi connectivity index (χ0n) is 12.3. The molecule has 3 unspecified atom stereocenters. The van der Waals surface area contributed by atoms with Gasteiger partial charge in [0.05, 0.1) is 18.3 Å². The molecule has 0 radical (unpaired) electrons. The van der Waals surface area contributed by atoms with Crippen LogP contribution in [0.3, 0.4) is 0 Å². The second-order valence-corrected chi connectivity index (χ2v) is 6.66. The molecule has 18 heavy (non-hydrogen) atoms. The standard InChI is InChI=1S/C15H29NO2/c1-10(2)13-5-6-15(17)14(7-13)16-8-11(3)18-12(4)9-16/h10-15,17H,5-9H2,1-4H3/t11-,12+,13?,14?,15?. The van der Waals surface area contributed by atoms with E-state index in [0.717, 1.165) is 37.8 Å². The zero-order chi connectivity index (χ0) is 13.3. The monoisotopic (exact) mass is 255 g/mol. The first-order valence-corrected chi connectivity index (χ1v) is 7.55. The van der Waals surface area contributed by atoms with Crippen LogP contribution in [-0.4, -0.2) is 47.4 Å². The molecule has 1 saturated heterocycles. The summed E-state index contributed by atoms with van der Waals surface area (Å²) in [5.41, 5.74) is 0. The first kappa shape index (κ1) is 14.3. The second-order valence-electron chi connectivity index (χ2n) is 6.66. The Labute approximate surface area is 112 Å². The summed E-state index contributed by atoms with van der Waals surface area (Å²) in [6, 6.07) is 0.347. The molecule has 0 amide bonds. The first-order chi connectivity index (χ1) is 8.47. The van der Waals surface area contributed by atoms with Crippen LogP contribution in [0.2, 0.25) is 0 Å². The number of nitrogens with zero attached hydrogens (tertiary/aromatic N) is 1. The van der Waals surface area contributed by atoms with Gasteiger partial charge in [0, 0.05) is 19.1 Å². The number of aliphatic hydroxyl groups is 1. The van der Waals surface area contributed by atoms with Crippen LogP contribution in [0, 0.1) is 11.8 Å². The minimum absolute atomic E-state index is 0.141. The normalized spacial score (nSPS) is 43.3. The van der Waals surface area contributed by atoms with Gasteiger partial charge in [-0.25, -0.2) is 0 Å². The van der Waals surface area contributed by atoms with Crippen LogP contribution < -0.4 is 0 Å². The topological polar surface area (TPSA) is 32.7 Å². The largest absolute Gasteiger partial charge is 0.391 e. The summed E-state index contributed by atoms with van der Waals surface area (Å²) in [5.74, 6) is 1.50. The molecule has 0 aromatic heterocycles. The van der Waals surface area contributed by atoms with Crippen molar-refractivity contribution in [1.82, 2.24) is 4.90 Å². The number of aliphatic hydroxyl groups excluding tert-OH is 1. The minimum Gasteiger partial charge on any atom is -0.391 e. The van der Waals surface area contributed by atoms with Crippen LogP contribution >= 0.6 is 0 Å². The van der Waals surface area contributed by atoms with Crippen LogP contribution in [-0.2, 0) is 4.74 Å². The summed E-state index contributed by atoms with van der Waals surface area (Å²) in [4.78, 5) is 2.47. The average Bonchev–Trinajstić information content (AvgIpc) is 2.27. The smallest absolute Gasteiger partial charge is 0.0695 e. The van der Waals surface area contributed by atoms with Gasteiger partial charge in [0.1, 0.15) is 0 Å². The van der Waals surface area contributed by atoms with Gasteiger partial charge in [0.2, 0.25) is 0 Å². The van der Waals surface area contributed by atoms with Crippen molar-refractivity contribution >= 4 is 0 Å². The van der Waals surface area contributed by atoms with Gasteiger partial charge < -0.3 is 9.84 Å². The molecule has 0 spiro atoms. The number of morpholine rings is 1. The van der Waals surface area contributed by atoms with E-state index in [2.05, 4.69) is 32.6 Å². The molecule has 3 heteroatoms. The predicted molar refractivity (Wildman–Crippen MR) is 73.6 cm³/mol. The maximum atomic E-state index is 10.3. The summed E-state index contributed by atoms with van der Waals surface area (Å²) in [6.07, 6.45) is 3.75. The highest BCUT2D eigenvalue weighted by molar-refractivity contribution is 4.90. The Kier molecular flexibility index (Phi) is 4.68. The highest BCUT2D eigenvalue weighted by Gasteiger charge is 2.37. The number of ether oxygens (including phenoxy) is 1. The molecule has 1 saturated carbocycles. The van der Waals surface area contributed by atoms with Gasteiger partial charge in [-0.15, -0.1) is 0 Å². The van der Waals surface area contributed by atoms with E-state index in [9.17, 15) is 5.11 Å². The van der Waals surface area contributed by atoms with Crippen molar-refractivity contribution in [2.24, 2.45) is 11.8 Å². The predicted octanol–water partition coefficient (Wildman–Crippen LogP) is 2.28. The molecule has 3 nitrogen and oxygen atoms in total. The summed E-state index contributed by atoms with van der Waals surface area (Å²) < 4.78 is 5.79. The third kappa shape index (κ3) is 3.25. The lowest BCUT2D eigenvalue weighted by Crippen LogP contribution is -2.55. The molecule has 1 heterocycles. The van der Waals surface area contributed by atoms with E-state index >= 15 is 0 Å². The van der Waals surface area contributed by atoms with Crippen molar-refractivity contribution in [2.45, 2.75) is 71.3 Å². The van der Waals surface area contributed by atoms with Crippen molar-refractivity contribution in [3.05, 3.63) is 0 Å². The van der Waals surface area contributed by atoms with E-state index in [4.69, 9.17) is 4.74 Å². The van der Waals surface area contributed by atoms with Gasteiger partial charge in [-0.3, -0.25) is 4.90 Å². The molecule has 1 N–H and O–H groups in total. The van der Waals surface area contributed by atoms with E-state index in [1.165, 1.54) is 6.42 Å². The Hall–Kier alpha value is -0.120. The molecule has 106 valence electrons. The molecule has 2 fully saturated rings. The molecular weight excluding hydrogens is 226 g/mol. The van der Waals surface area contributed by atoms with Crippen molar-refractivity contribution in [2.75, 3.05) is 13.1 Å². The lowest BCUT2D eigenvalue weighted by molar-refractivity contribution is -0.107. The highest BCUT2D eigenvalue weighted by atomic mass is 16.5. The fourth-order valence-corrected chi connectivity index (χ4v) is 3.65. The van der Waals surface area contributed by atoms with E-state index in [1.54, 1.807) is 0 Å². The molecule has 0 aromatic rings. The quantitative estimate of drug-likeness (QED) is 0.821. The Morgan fingerprint density at radius 3 is 2.28 bits per heavy atom. The Morgan fingerprint density at radius 2 is 1.72 bits per heavy atom. The maximum absolute atomic E-state index is 10.3. The van der Waals surface area contributed by atoms with Gasteiger partial charge in [0.25, 0.3) is 0 Å². The fourth-order valence-electron chi connectivity index (χ4n) is 3.65. The van der Waals surface area contributed by atoms with Gasteiger partial charge in [-0.1, -0.05) is 13.8 Å². The lowest BCUT2D eigenvalue weighted by Gasteiger charge is -2.46. The van der Waals surface area contributed by atoms with Crippen LogP contribution in [0.15, 0.2) is 0 Å². The minimum atomic E-state index is -0.141. The van der Waals surface area contributed by atoms with Crippen molar-refractivity contribution in [1.29, 1.82) is 0 Å². The molecule has 2 rings (SSSR count). The fraction of sp³-hybridized carbons (Fsp3) is 1.00. The molecule has 0 bridgehead atoms. The summed E-state index contributed by atoms with van der Waals surface area (Å²) in [7, 11) is 0. The van der Waals surface area contributed by atoms with Crippen LogP contribution in [0.5, 0.6) is 0 Å². The zero-order valence-corrected chi connectivity index (χ0v) is 12.3. The van der Waals surface area contributed by atoms with Crippen molar-refractivity contribution in [3.63, 3.8) is 0 Å². The molecular formula is C15H29NO2. The summed E-state index contributed by atoms with van der Waals surface area (Å²) >= 11 is 0. The average molecular weight is 255 g/mol. The number of hydrogen-bond acceptors (Lipinski definition) is 3. The van der Waals surface area contributed by atoms with Crippen LogP contribution in [0.25, 0.3) is 0 Å². The third-order valence-electron chi connectivity index (χ3n) is 4.68. The van der Waals surface area contributed by atoms with Crippen LogP contribution in [0.4, 0.5) is 0 Å². The third-order valence-corrected chi connectivity index (χ3v) is 4.68. The van der Waals surface area contributed by atoms with Gasteiger partial charge in [-0.05, 0) is 44.9 Å². The molecule has 1 aliphatic heterocycles. The first-order valence-electron chi connectivity index (χ1n) is 7.55. The molecule has 1 aliphatic carbocycles. The van der Waals surface area contributed by atoms with Gasteiger partial charge in [0.15, 0.2) is 0 Å². The lowest BCUT2D eigenvalue weighted by atomic mass is 9.77. The highest BCUT2D eigenvalue weighted by Crippen LogP contribution is 2.33. The van der Waals surface area contributed by atoms with Crippen LogP contribution in [0.1, 0.15) is 47.0 Å². The molecule has 2 aliphatic rings. The summed E-state index contributed by atoms with van der Waals surface area (Å²) in [5, 5.41) is 10.3. The van der Waals surface area contributed by atoms with E-state index in [0.29, 0.717) is 18.2 Å². The Balaban J connectivity index is 2.00. The van der Waals surface area contributed by atoms with Crippen molar-refractivity contribution < 1.29 is 9.84 Å². The number of hydrogen-bond donors (Lipinski definition) is 1. The Morgan fingerprint density at radius 1 is 1.11 bits per heavy atom. The van der Waals surface area contributed by atoms with E-state index in [1.807, 2.05) is 0 Å². The van der Waals surface area contributed by atoms with Crippen molar-refractivity contribution in [3.8, 4) is 0 Å². The van der Waals surface area contributed by atoms with E-state index < -0.39 is 0 Å². The number of rotatable bonds is 2. The Bertz CT molecular complexity index is 259. The summed E-state index contributed by atoms with van der Waals surface area (Å²) in [6.45, 7) is 10.8. The molecule has 0 aromatic carbocycles. The van der Waals surface area contributed by atoms with Gasteiger partial charge >= 0.3 is 0 Å². The SMILES string of the molecule is CC(C)C1CCC(O)C(N2C[C@@H](C)O[C@@H](C)C2)C1. The van der Waals surface area contributed by atoms with E-state index in [-0.39, 0.29) is 6.10 Å². The molecule has 5 atom stereocenters. The second kappa shape index (κ2) is 5.89. The maximum Gasteiger partial charge on any atom is 0.0695 e. The van der Waals surface area contributed by atoms with Gasteiger partial charge in [-0.2, -0.15) is 0 Å².